The Morgan fingerprint density at radius 2 is 2.04 bits per heavy atom. The van der Waals surface area contributed by atoms with Crippen LogP contribution >= 0.6 is 23.2 Å². The topological polar surface area (TPSA) is 47.0 Å². The van der Waals surface area contributed by atoms with E-state index in [4.69, 9.17) is 27.9 Å². The number of halogens is 2. The average molecular weight is 352 g/mol. The molecule has 122 valence electrons. The number of benzene rings is 1. The second-order valence-electron chi connectivity index (χ2n) is 5.17. The summed E-state index contributed by atoms with van der Waals surface area (Å²) in [6, 6.07) is 3.96. The Labute approximate surface area is 146 Å². The zero-order valence-corrected chi connectivity index (χ0v) is 14.4. The highest BCUT2D eigenvalue weighted by Crippen LogP contribution is 2.34. The highest BCUT2D eigenvalue weighted by atomic mass is 35.5. The molecule has 1 atom stereocenters. The molecule has 0 fully saturated rings. The van der Waals surface area contributed by atoms with E-state index in [0.29, 0.717) is 28.9 Å². The molecule has 0 aliphatic carbocycles. The Balaban J connectivity index is 1.94. The van der Waals surface area contributed by atoms with Gasteiger partial charge >= 0.3 is 0 Å². The smallest absolute Gasteiger partial charge is 0.156 e. The zero-order chi connectivity index (χ0) is 16.7. The lowest BCUT2D eigenvalue weighted by atomic mass is 10.1. The molecule has 2 rings (SSSR count). The summed E-state index contributed by atoms with van der Waals surface area (Å²) in [7, 11) is 0. The maximum Gasteiger partial charge on any atom is 0.156 e. The first-order valence-corrected chi connectivity index (χ1v) is 8.05. The predicted molar refractivity (Wildman–Crippen MR) is 94.2 cm³/mol. The van der Waals surface area contributed by atoms with Gasteiger partial charge in [0.15, 0.2) is 5.75 Å². The van der Waals surface area contributed by atoms with Crippen LogP contribution < -0.4 is 10.1 Å². The Hall–Kier alpha value is -1.62. The van der Waals surface area contributed by atoms with E-state index in [1.807, 2.05) is 12.1 Å². The third-order valence-electron chi connectivity index (χ3n) is 3.19. The fourth-order valence-electron chi connectivity index (χ4n) is 2.11. The van der Waals surface area contributed by atoms with Crippen molar-refractivity contribution in [3.63, 3.8) is 0 Å². The predicted octanol–water partition coefficient (Wildman–Crippen LogP) is 4.07. The molecule has 1 N–H and O–H groups in total. The monoisotopic (exact) mass is 351 g/mol. The lowest BCUT2D eigenvalue weighted by molar-refractivity contribution is 0.363. The fourth-order valence-corrected chi connectivity index (χ4v) is 2.75. The molecule has 2 aromatic rings. The van der Waals surface area contributed by atoms with E-state index in [0.717, 1.165) is 17.7 Å². The minimum absolute atomic E-state index is 0.251. The van der Waals surface area contributed by atoms with Crippen molar-refractivity contribution < 1.29 is 4.74 Å². The van der Waals surface area contributed by atoms with Gasteiger partial charge in [0.05, 0.1) is 15.7 Å². The zero-order valence-electron chi connectivity index (χ0n) is 12.9. The molecule has 0 saturated carbocycles. The van der Waals surface area contributed by atoms with Gasteiger partial charge < -0.3 is 10.1 Å². The third-order valence-corrected chi connectivity index (χ3v) is 3.75. The second-order valence-corrected chi connectivity index (χ2v) is 5.99. The second kappa shape index (κ2) is 8.87. The minimum Gasteiger partial charge on any atom is -0.486 e. The molecule has 1 unspecified atom stereocenters. The van der Waals surface area contributed by atoms with Crippen LogP contribution in [0.4, 0.5) is 0 Å². The SMILES string of the molecule is C=CCOc1c(Cl)cc(CNC(C)Cc2cnccn2)cc1Cl. The molecule has 6 heteroatoms. The lowest BCUT2D eigenvalue weighted by Crippen LogP contribution is -2.28. The van der Waals surface area contributed by atoms with Gasteiger partial charge in [0.2, 0.25) is 0 Å². The van der Waals surface area contributed by atoms with Crippen LogP contribution in [0.2, 0.25) is 10.0 Å². The van der Waals surface area contributed by atoms with E-state index in [1.165, 1.54) is 0 Å². The summed E-state index contributed by atoms with van der Waals surface area (Å²) in [6.07, 6.45) is 7.59. The van der Waals surface area contributed by atoms with Gasteiger partial charge in [-0.15, -0.1) is 0 Å². The van der Waals surface area contributed by atoms with E-state index in [1.54, 1.807) is 24.7 Å². The molecule has 0 amide bonds. The average Bonchev–Trinajstić information content (AvgIpc) is 2.53. The van der Waals surface area contributed by atoms with Gasteiger partial charge in [-0.05, 0) is 24.6 Å². The number of hydrogen-bond acceptors (Lipinski definition) is 4. The van der Waals surface area contributed by atoms with Crippen molar-refractivity contribution >= 4 is 23.2 Å². The van der Waals surface area contributed by atoms with Crippen LogP contribution in [0.3, 0.4) is 0 Å². The van der Waals surface area contributed by atoms with Crippen molar-refractivity contribution in [3.05, 3.63) is 64.7 Å². The lowest BCUT2D eigenvalue weighted by Gasteiger charge is -2.15. The van der Waals surface area contributed by atoms with E-state index < -0.39 is 0 Å². The van der Waals surface area contributed by atoms with Gasteiger partial charge in [-0.25, -0.2) is 0 Å². The number of nitrogens with zero attached hydrogens (tertiary/aromatic N) is 2. The van der Waals surface area contributed by atoms with Crippen LogP contribution in [-0.2, 0) is 13.0 Å². The molecule has 0 aliphatic heterocycles. The Morgan fingerprint density at radius 1 is 1.30 bits per heavy atom. The molecule has 1 aromatic carbocycles. The first-order chi connectivity index (χ1) is 11.1. The summed E-state index contributed by atoms with van der Waals surface area (Å²) in [5, 5.41) is 4.42. The summed E-state index contributed by atoms with van der Waals surface area (Å²) in [5.41, 5.74) is 1.95. The van der Waals surface area contributed by atoms with Crippen LogP contribution in [0.5, 0.6) is 5.75 Å². The summed E-state index contributed by atoms with van der Waals surface area (Å²) in [6.45, 7) is 6.72. The van der Waals surface area contributed by atoms with Gasteiger partial charge in [0.1, 0.15) is 6.61 Å². The van der Waals surface area contributed by atoms with Crippen LogP contribution in [-0.4, -0.2) is 22.6 Å². The fraction of sp³-hybridized carbons (Fsp3) is 0.294. The molecule has 1 aromatic heterocycles. The van der Waals surface area contributed by atoms with Gasteiger partial charge in [-0.2, -0.15) is 0 Å². The number of hydrogen-bond donors (Lipinski definition) is 1. The maximum absolute atomic E-state index is 6.23. The summed E-state index contributed by atoms with van der Waals surface area (Å²) >= 11 is 12.5. The Morgan fingerprint density at radius 3 is 2.65 bits per heavy atom. The molecule has 0 aliphatic rings. The Bertz CT molecular complexity index is 627. The van der Waals surface area contributed by atoms with E-state index in [2.05, 4.69) is 28.8 Å². The van der Waals surface area contributed by atoms with Crippen molar-refractivity contribution in [2.24, 2.45) is 0 Å². The number of rotatable bonds is 8. The summed E-state index contributed by atoms with van der Waals surface area (Å²) in [5.74, 6) is 0.490. The third kappa shape index (κ3) is 5.50. The number of aromatic nitrogens is 2. The molecule has 23 heavy (non-hydrogen) atoms. The summed E-state index contributed by atoms with van der Waals surface area (Å²) in [4.78, 5) is 8.34. The molecule has 0 saturated heterocycles. The molecule has 0 bridgehead atoms. The molecule has 1 heterocycles. The molecule has 0 spiro atoms. The van der Waals surface area contributed by atoms with Crippen LogP contribution in [0.1, 0.15) is 18.2 Å². The van der Waals surface area contributed by atoms with Gasteiger partial charge in [0, 0.05) is 37.6 Å². The first kappa shape index (κ1) is 17.7. The van der Waals surface area contributed by atoms with Crippen molar-refractivity contribution in [1.82, 2.24) is 15.3 Å². The molecule has 4 nitrogen and oxygen atoms in total. The summed E-state index contributed by atoms with van der Waals surface area (Å²) < 4.78 is 5.46. The number of ether oxygens (including phenoxy) is 1. The molecule has 0 radical (unpaired) electrons. The highest BCUT2D eigenvalue weighted by Gasteiger charge is 2.10. The van der Waals surface area contributed by atoms with E-state index in [9.17, 15) is 0 Å². The van der Waals surface area contributed by atoms with Crippen LogP contribution in [0.15, 0.2) is 43.4 Å². The van der Waals surface area contributed by atoms with Gasteiger partial charge in [-0.3, -0.25) is 9.97 Å². The molecular formula is C17H19Cl2N3O. The maximum atomic E-state index is 6.23. The first-order valence-electron chi connectivity index (χ1n) is 7.30. The number of nitrogens with one attached hydrogen (secondary N) is 1. The van der Waals surface area contributed by atoms with Crippen LogP contribution in [0.25, 0.3) is 0 Å². The quantitative estimate of drug-likeness (QED) is 0.728. The van der Waals surface area contributed by atoms with Crippen LogP contribution in [0, 0.1) is 0 Å². The molecular weight excluding hydrogens is 333 g/mol. The van der Waals surface area contributed by atoms with Gasteiger partial charge in [-0.1, -0.05) is 35.9 Å². The van der Waals surface area contributed by atoms with Crippen molar-refractivity contribution in [1.29, 1.82) is 0 Å². The van der Waals surface area contributed by atoms with Gasteiger partial charge in [0.25, 0.3) is 0 Å². The van der Waals surface area contributed by atoms with Crippen molar-refractivity contribution in [3.8, 4) is 5.75 Å². The van der Waals surface area contributed by atoms with Crippen molar-refractivity contribution in [2.45, 2.75) is 25.9 Å². The largest absolute Gasteiger partial charge is 0.486 e. The highest BCUT2D eigenvalue weighted by molar-refractivity contribution is 6.37. The van der Waals surface area contributed by atoms with E-state index >= 15 is 0 Å². The van der Waals surface area contributed by atoms with E-state index in [-0.39, 0.29) is 6.04 Å². The van der Waals surface area contributed by atoms with Crippen molar-refractivity contribution in [2.75, 3.05) is 6.61 Å². The normalized spacial score (nSPS) is 12.0. The minimum atomic E-state index is 0.251. The standard InChI is InChI=1S/C17H19Cl2N3O/c1-3-6-23-17-15(18)8-13(9-16(17)19)10-22-12(2)7-14-11-20-4-5-21-14/h3-5,8-9,11-12,22H,1,6-7,10H2,2H3. The Kier molecular flexibility index (Phi) is 6.84.